The topological polar surface area (TPSA) is 102 Å². The van der Waals surface area contributed by atoms with E-state index in [1.165, 1.54) is 11.1 Å². The second-order valence-corrected chi connectivity index (χ2v) is 4.23. The Balaban J connectivity index is 2.13. The SMILES string of the molecule is N#Cc1c(CO)cnn1C1CCN(C(=O)O)CC1. The Hall–Kier alpha value is -2.07. The van der Waals surface area contributed by atoms with Crippen LogP contribution in [-0.2, 0) is 6.61 Å². The second kappa shape index (κ2) is 5.06. The van der Waals surface area contributed by atoms with Gasteiger partial charge >= 0.3 is 6.09 Å². The average molecular weight is 250 g/mol. The van der Waals surface area contributed by atoms with E-state index in [0.717, 1.165) is 0 Å². The number of likely N-dealkylation sites (tertiary alicyclic amines) is 1. The zero-order chi connectivity index (χ0) is 13.1. The number of aliphatic hydroxyl groups is 1. The number of aromatic nitrogens is 2. The zero-order valence-electron chi connectivity index (χ0n) is 9.78. The van der Waals surface area contributed by atoms with Crippen LogP contribution in [0.4, 0.5) is 4.79 Å². The molecule has 0 aliphatic carbocycles. The first-order valence-electron chi connectivity index (χ1n) is 5.72. The molecule has 1 aromatic rings. The smallest absolute Gasteiger partial charge is 0.407 e. The van der Waals surface area contributed by atoms with E-state index < -0.39 is 6.09 Å². The fraction of sp³-hybridized carbons (Fsp3) is 0.545. The van der Waals surface area contributed by atoms with Crippen molar-refractivity contribution in [2.75, 3.05) is 13.1 Å². The van der Waals surface area contributed by atoms with Crippen molar-refractivity contribution in [1.82, 2.24) is 14.7 Å². The van der Waals surface area contributed by atoms with Gasteiger partial charge in [-0.1, -0.05) is 0 Å². The van der Waals surface area contributed by atoms with Crippen molar-refractivity contribution in [2.45, 2.75) is 25.5 Å². The molecule has 1 aliphatic rings. The van der Waals surface area contributed by atoms with Gasteiger partial charge in [-0.05, 0) is 12.8 Å². The van der Waals surface area contributed by atoms with Crippen LogP contribution in [0, 0.1) is 11.3 Å². The molecule has 2 rings (SSSR count). The summed E-state index contributed by atoms with van der Waals surface area (Å²) in [5.74, 6) is 0. The van der Waals surface area contributed by atoms with Crippen LogP contribution in [0.3, 0.4) is 0 Å². The number of piperidine rings is 1. The lowest BCUT2D eigenvalue weighted by Gasteiger charge is -2.30. The summed E-state index contributed by atoms with van der Waals surface area (Å²) in [6, 6.07) is 2.06. The lowest BCUT2D eigenvalue weighted by Crippen LogP contribution is -2.38. The summed E-state index contributed by atoms with van der Waals surface area (Å²) in [6.45, 7) is 0.676. The van der Waals surface area contributed by atoms with E-state index in [-0.39, 0.29) is 12.6 Å². The van der Waals surface area contributed by atoms with Crippen molar-refractivity contribution in [3.05, 3.63) is 17.5 Å². The van der Waals surface area contributed by atoms with Gasteiger partial charge in [0.15, 0.2) is 0 Å². The van der Waals surface area contributed by atoms with Crippen LogP contribution in [0.5, 0.6) is 0 Å². The molecular weight excluding hydrogens is 236 g/mol. The van der Waals surface area contributed by atoms with Crippen LogP contribution in [0.25, 0.3) is 0 Å². The van der Waals surface area contributed by atoms with Crippen molar-refractivity contribution in [1.29, 1.82) is 5.26 Å². The summed E-state index contributed by atoms with van der Waals surface area (Å²) in [7, 11) is 0. The molecule has 0 bridgehead atoms. The number of aliphatic hydroxyl groups excluding tert-OH is 1. The van der Waals surface area contributed by atoms with Crippen LogP contribution in [-0.4, -0.2) is 44.1 Å². The van der Waals surface area contributed by atoms with Crippen LogP contribution < -0.4 is 0 Å². The maximum Gasteiger partial charge on any atom is 0.407 e. The van der Waals surface area contributed by atoms with Gasteiger partial charge in [-0.3, -0.25) is 4.68 Å². The minimum absolute atomic E-state index is 0.0237. The van der Waals surface area contributed by atoms with Gasteiger partial charge in [-0.25, -0.2) is 4.79 Å². The second-order valence-electron chi connectivity index (χ2n) is 4.23. The van der Waals surface area contributed by atoms with Crippen molar-refractivity contribution in [2.24, 2.45) is 0 Å². The number of carboxylic acid groups (broad SMARTS) is 1. The molecule has 2 heterocycles. The molecule has 18 heavy (non-hydrogen) atoms. The molecule has 0 unspecified atom stereocenters. The summed E-state index contributed by atoms with van der Waals surface area (Å²) in [4.78, 5) is 12.1. The van der Waals surface area contributed by atoms with Crippen molar-refractivity contribution in [3.8, 4) is 6.07 Å². The summed E-state index contributed by atoms with van der Waals surface area (Å²) >= 11 is 0. The van der Waals surface area contributed by atoms with Gasteiger partial charge in [0.25, 0.3) is 0 Å². The minimum atomic E-state index is -0.912. The quantitative estimate of drug-likeness (QED) is 0.798. The lowest BCUT2D eigenvalue weighted by molar-refractivity contribution is 0.123. The Morgan fingerprint density at radius 3 is 2.72 bits per heavy atom. The third-order valence-corrected chi connectivity index (χ3v) is 3.23. The number of nitrogens with zero attached hydrogens (tertiary/aromatic N) is 4. The number of amides is 1. The van der Waals surface area contributed by atoms with E-state index in [1.807, 2.05) is 6.07 Å². The summed E-state index contributed by atoms with van der Waals surface area (Å²) < 4.78 is 1.60. The van der Waals surface area contributed by atoms with Gasteiger partial charge in [0.1, 0.15) is 11.8 Å². The van der Waals surface area contributed by atoms with Crippen LogP contribution in [0.2, 0.25) is 0 Å². The number of hydrogen-bond acceptors (Lipinski definition) is 4. The highest BCUT2D eigenvalue weighted by Gasteiger charge is 2.26. The third kappa shape index (κ3) is 2.15. The summed E-state index contributed by atoms with van der Waals surface area (Å²) in [5.41, 5.74) is 0.879. The first kappa shape index (κ1) is 12.4. The fourth-order valence-corrected chi connectivity index (χ4v) is 2.22. The highest BCUT2D eigenvalue weighted by Crippen LogP contribution is 2.24. The molecular formula is C11H14N4O3. The Bertz CT molecular complexity index is 483. The van der Waals surface area contributed by atoms with Crippen LogP contribution in [0.15, 0.2) is 6.20 Å². The van der Waals surface area contributed by atoms with E-state index in [4.69, 9.17) is 15.5 Å². The molecule has 1 amide bonds. The lowest BCUT2D eigenvalue weighted by atomic mass is 10.1. The standard InChI is InChI=1S/C11H14N4O3/c12-5-10-8(7-16)6-13-15(10)9-1-3-14(4-2-9)11(17)18/h6,9,16H,1-4,7H2,(H,17,18). The molecule has 7 heteroatoms. The number of nitriles is 1. The normalized spacial score (nSPS) is 16.6. The maximum absolute atomic E-state index is 10.8. The zero-order valence-corrected chi connectivity index (χ0v) is 9.78. The Morgan fingerprint density at radius 1 is 1.56 bits per heavy atom. The van der Waals surface area contributed by atoms with Gasteiger partial charge in [0.05, 0.1) is 18.8 Å². The predicted octanol–water partition coefficient (Wildman–Crippen LogP) is 0.562. The van der Waals surface area contributed by atoms with Crippen LogP contribution >= 0.6 is 0 Å². The molecule has 1 fully saturated rings. The monoisotopic (exact) mass is 250 g/mol. The Morgan fingerprint density at radius 2 is 2.22 bits per heavy atom. The number of hydrogen-bond donors (Lipinski definition) is 2. The van der Waals surface area contributed by atoms with Gasteiger partial charge in [-0.15, -0.1) is 0 Å². The average Bonchev–Trinajstić information content (AvgIpc) is 2.81. The highest BCUT2D eigenvalue weighted by molar-refractivity contribution is 5.65. The molecule has 0 radical (unpaired) electrons. The van der Waals surface area contributed by atoms with Crippen molar-refractivity contribution in [3.63, 3.8) is 0 Å². The summed E-state index contributed by atoms with van der Waals surface area (Å²) in [5, 5.41) is 31.1. The van der Waals surface area contributed by atoms with Gasteiger partial charge in [0.2, 0.25) is 0 Å². The first-order valence-corrected chi connectivity index (χ1v) is 5.72. The number of rotatable bonds is 2. The molecule has 1 aromatic heterocycles. The molecule has 0 saturated carbocycles. The molecule has 0 aromatic carbocycles. The van der Waals surface area contributed by atoms with Gasteiger partial charge in [0, 0.05) is 18.7 Å². The van der Waals surface area contributed by atoms with E-state index in [1.54, 1.807) is 4.68 Å². The Kier molecular flexibility index (Phi) is 3.48. The third-order valence-electron chi connectivity index (χ3n) is 3.23. The predicted molar refractivity (Wildman–Crippen MR) is 60.7 cm³/mol. The van der Waals surface area contributed by atoms with E-state index in [2.05, 4.69) is 5.10 Å². The highest BCUT2D eigenvalue weighted by atomic mass is 16.4. The van der Waals surface area contributed by atoms with E-state index >= 15 is 0 Å². The van der Waals surface area contributed by atoms with E-state index in [9.17, 15) is 4.79 Å². The molecule has 1 saturated heterocycles. The fourth-order valence-electron chi connectivity index (χ4n) is 2.22. The van der Waals surface area contributed by atoms with Crippen LogP contribution in [0.1, 0.15) is 30.1 Å². The molecule has 7 nitrogen and oxygen atoms in total. The van der Waals surface area contributed by atoms with E-state index in [0.29, 0.717) is 37.2 Å². The molecule has 1 aliphatic heterocycles. The maximum atomic E-state index is 10.8. The van der Waals surface area contributed by atoms with Crippen molar-refractivity contribution < 1.29 is 15.0 Å². The molecule has 0 atom stereocenters. The molecule has 96 valence electrons. The van der Waals surface area contributed by atoms with Crippen molar-refractivity contribution >= 4 is 6.09 Å². The van der Waals surface area contributed by atoms with Gasteiger partial charge < -0.3 is 15.1 Å². The van der Waals surface area contributed by atoms with Gasteiger partial charge in [-0.2, -0.15) is 10.4 Å². The number of carbonyl (C=O) groups is 1. The Labute approximate surface area is 104 Å². The minimum Gasteiger partial charge on any atom is -0.465 e. The summed E-state index contributed by atoms with van der Waals surface area (Å²) in [6.07, 6.45) is 1.84. The largest absolute Gasteiger partial charge is 0.465 e. The molecule has 2 N–H and O–H groups in total. The molecule has 0 spiro atoms. The first-order chi connectivity index (χ1) is 8.67.